The molecule has 6 heteroatoms. The first-order valence-electron chi connectivity index (χ1n) is 7.99. The molecule has 1 aromatic heterocycles. The van der Waals surface area contributed by atoms with Crippen LogP contribution in [0.3, 0.4) is 0 Å². The number of hydrogen-bond acceptors (Lipinski definition) is 4. The minimum Gasteiger partial charge on any atom is -0.503 e. The van der Waals surface area contributed by atoms with Gasteiger partial charge < -0.3 is 10.0 Å². The van der Waals surface area contributed by atoms with Crippen molar-refractivity contribution in [3.8, 4) is 0 Å². The van der Waals surface area contributed by atoms with E-state index < -0.39 is 17.7 Å². The second kappa shape index (κ2) is 6.80. The van der Waals surface area contributed by atoms with Gasteiger partial charge in [0.1, 0.15) is 5.82 Å². The minimum atomic E-state index is -0.606. The molecule has 1 aromatic carbocycles. The molecule has 0 aliphatic carbocycles. The van der Waals surface area contributed by atoms with Crippen LogP contribution in [0.4, 0.5) is 4.39 Å². The molecule has 25 heavy (non-hydrogen) atoms. The predicted octanol–water partition coefficient (Wildman–Crippen LogP) is 4.07. The Labute approximate surface area is 149 Å². The summed E-state index contributed by atoms with van der Waals surface area (Å²) in [6.07, 6.45) is 0.206. The lowest BCUT2D eigenvalue weighted by Gasteiger charge is -2.26. The zero-order chi connectivity index (χ0) is 18.1. The Morgan fingerprint density at radius 2 is 1.96 bits per heavy atom. The van der Waals surface area contributed by atoms with Gasteiger partial charge in [-0.15, -0.1) is 11.3 Å². The van der Waals surface area contributed by atoms with E-state index in [1.807, 2.05) is 18.4 Å². The highest BCUT2D eigenvalue weighted by atomic mass is 32.1. The standard InChI is InChI=1S/C19H18FNO3S/c1-3-14(22)15-16(18-11(2)8-9-25-18)21(19(24)17(15)23)10-12-4-6-13(20)7-5-12/h4-9,16,23H,3,10H2,1-2H3. The largest absolute Gasteiger partial charge is 0.503 e. The SMILES string of the molecule is CCC(=O)C1=C(O)C(=O)N(Cc2ccc(F)cc2)C1c1sccc1C. The van der Waals surface area contributed by atoms with Crippen molar-refractivity contribution >= 4 is 23.0 Å². The molecule has 0 spiro atoms. The van der Waals surface area contributed by atoms with Crippen molar-refractivity contribution < 1.29 is 19.1 Å². The number of ketones is 1. The van der Waals surface area contributed by atoms with Gasteiger partial charge in [0.05, 0.1) is 11.6 Å². The molecule has 0 saturated heterocycles. The summed E-state index contributed by atoms with van der Waals surface area (Å²) < 4.78 is 13.1. The zero-order valence-corrected chi connectivity index (χ0v) is 14.8. The van der Waals surface area contributed by atoms with Gasteiger partial charge in [-0.3, -0.25) is 9.59 Å². The van der Waals surface area contributed by atoms with Crippen LogP contribution in [0.15, 0.2) is 47.0 Å². The molecule has 1 aliphatic heterocycles. The highest BCUT2D eigenvalue weighted by Gasteiger charge is 2.43. The molecule has 0 radical (unpaired) electrons. The van der Waals surface area contributed by atoms with Crippen LogP contribution in [-0.4, -0.2) is 21.7 Å². The summed E-state index contributed by atoms with van der Waals surface area (Å²) >= 11 is 1.45. The van der Waals surface area contributed by atoms with Crippen molar-refractivity contribution in [2.24, 2.45) is 0 Å². The van der Waals surface area contributed by atoms with Crippen molar-refractivity contribution in [2.75, 3.05) is 0 Å². The van der Waals surface area contributed by atoms with Gasteiger partial charge in [-0.2, -0.15) is 0 Å². The summed E-state index contributed by atoms with van der Waals surface area (Å²) in [5.41, 5.74) is 1.84. The maximum atomic E-state index is 13.1. The van der Waals surface area contributed by atoms with E-state index >= 15 is 0 Å². The van der Waals surface area contributed by atoms with Crippen LogP contribution in [0.1, 0.15) is 35.4 Å². The van der Waals surface area contributed by atoms with Crippen molar-refractivity contribution in [3.05, 3.63) is 68.9 Å². The Kier molecular flexibility index (Phi) is 4.72. The first-order chi connectivity index (χ1) is 11.9. The van der Waals surface area contributed by atoms with E-state index in [0.29, 0.717) is 0 Å². The predicted molar refractivity (Wildman–Crippen MR) is 93.7 cm³/mol. The molecular formula is C19H18FNO3S. The molecule has 2 heterocycles. The molecule has 0 bridgehead atoms. The van der Waals surface area contributed by atoms with Gasteiger partial charge in [0.25, 0.3) is 5.91 Å². The molecule has 0 fully saturated rings. The Morgan fingerprint density at radius 3 is 2.52 bits per heavy atom. The number of carbonyl (C=O) groups excluding carboxylic acids is 2. The summed E-state index contributed by atoms with van der Waals surface area (Å²) in [7, 11) is 0. The van der Waals surface area contributed by atoms with Crippen molar-refractivity contribution in [2.45, 2.75) is 32.9 Å². The fourth-order valence-electron chi connectivity index (χ4n) is 3.02. The van der Waals surface area contributed by atoms with Gasteiger partial charge in [0, 0.05) is 17.8 Å². The molecule has 130 valence electrons. The number of thiophene rings is 1. The Balaban J connectivity index is 2.04. The summed E-state index contributed by atoms with van der Waals surface area (Å²) in [6.45, 7) is 3.80. The van der Waals surface area contributed by atoms with Crippen molar-refractivity contribution in [3.63, 3.8) is 0 Å². The normalized spacial score (nSPS) is 17.5. The number of aryl methyl sites for hydroxylation is 1. The van der Waals surface area contributed by atoms with Gasteiger partial charge >= 0.3 is 0 Å². The number of aliphatic hydroxyl groups excluding tert-OH is 1. The second-order valence-corrected chi connectivity index (χ2v) is 6.92. The van der Waals surface area contributed by atoms with Gasteiger partial charge in [-0.1, -0.05) is 19.1 Å². The van der Waals surface area contributed by atoms with E-state index in [-0.39, 0.29) is 30.1 Å². The third-order valence-electron chi connectivity index (χ3n) is 4.34. The highest BCUT2D eigenvalue weighted by molar-refractivity contribution is 7.10. The topological polar surface area (TPSA) is 57.6 Å². The molecular weight excluding hydrogens is 341 g/mol. The molecule has 4 nitrogen and oxygen atoms in total. The van der Waals surface area contributed by atoms with Crippen LogP contribution >= 0.6 is 11.3 Å². The van der Waals surface area contributed by atoms with Gasteiger partial charge in [-0.05, 0) is 41.6 Å². The van der Waals surface area contributed by atoms with Crippen LogP contribution < -0.4 is 0 Å². The number of benzene rings is 1. The lowest BCUT2D eigenvalue weighted by atomic mass is 9.98. The molecule has 1 N–H and O–H groups in total. The number of amides is 1. The van der Waals surface area contributed by atoms with E-state index in [2.05, 4.69) is 0 Å². The monoisotopic (exact) mass is 359 g/mol. The van der Waals surface area contributed by atoms with E-state index in [1.54, 1.807) is 19.1 Å². The number of rotatable bonds is 5. The number of Topliss-reactive ketones (excluding diaryl/α,β-unsaturated/α-hetero) is 1. The molecule has 1 amide bonds. The number of hydrogen-bond donors (Lipinski definition) is 1. The molecule has 1 unspecified atom stereocenters. The molecule has 2 aromatic rings. The third kappa shape index (κ3) is 3.09. The Bertz CT molecular complexity index is 854. The lowest BCUT2D eigenvalue weighted by molar-refractivity contribution is -0.130. The van der Waals surface area contributed by atoms with Crippen LogP contribution in [0.5, 0.6) is 0 Å². The van der Waals surface area contributed by atoms with E-state index in [0.717, 1.165) is 16.0 Å². The first-order valence-corrected chi connectivity index (χ1v) is 8.87. The Hall–Kier alpha value is -2.47. The first kappa shape index (κ1) is 17.4. The average Bonchev–Trinajstić information content (AvgIpc) is 3.12. The molecule has 1 atom stereocenters. The quantitative estimate of drug-likeness (QED) is 0.875. The highest BCUT2D eigenvalue weighted by Crippen LogP contribution is 2.42. The van der Waals surface area contributed by atoms with Gasteiger partial charge in [-0.25, -0.2) is 4.39 Å². The van der Waals surface area contributed by atoms with Crippen LogP contribution in [0.25, 0.3) is 0 Å². The van der Waals surface area contributed by atoms with E-state index in [9.17, 15) is 19.1 Å². The fraction of sp³-hybridized carbons (Fsp3) is 0.263. The zero-order valence-electron chi connectivity index (χ0n) is 14.0. The fourth-order valence-corrected chi connectivity index (χ4v) is 4.06. The average molecular weight is 359 g/mol. The summed E-state index contributed by atoms with van der Waals surface area (Å²) in [4.78, 5) is 27.3. The van der Waals surface area contributed by atoms with E-state index in [1.165, 1.54) is 28.4 Å². The molecule has 3 rings (SSSR count). The summed E-state index contributed by atoms with van der Waals surface area (Å²) in [5.74, 6) is -1.65. The number of aliphatic hydroxyl groups is 1. The second-order valence-electron chi connectivity index (χ2n) is 5.97. The van der Waals surface area contributed by atoms with Crippen LogP contribution in [0, 0.1) is 12.7 Å². The molecule has 1 aliphatic rings. The number of nitrogens with zero attached hydrogens (tertiary/aromatic N) is 1. The van der Waals surface area contributed by atoms with E-state index in [4.69, 9.17) is 0 Å². The molecule has 0 saturated carbocycles. The minimum absolute atomic E-state index is 0.153. The number of carbonyl (C=O) groups is 2. The Morgan fingerprint density at radius 1 is 1.28 bits per heavy atom. The maximum Gasteiger partial charge on any atom is 0.290 e. The van der Waals surface area contributed by atoms with Crippen LogP contribution in [0.2, 0.25) is 0 Å². The lowest BCUT2D eigenvalue weighted by Crippen LogP contribution is -2.30. The van der Waals surface area contributed by atoms with Crippen molar-refractivity contribution in [1.29, 1.82) is 0 Å². The summed E-state index contributed by atoms with van der Waals surface area (Å²) in [6, 6.07) is 7.16. The van der Waals surface area contributed by atoms with Gasteiger partial charge in [0.2, 0.25) is 0 Å². The maximum absolute atomic E-state index is 13.1. The van der Waals surface area contributed by atoms with Gasteiger partial charge in [0.15, 0.2) is 11.5 Å². The van der Waals surface area contributed by atoms with Crippen molar-refractivity contribution in [1.82, 2.24) is 4.90 Å². The summed E-state index contributed by atoms with van der Waals surface area (Å²) in [5, 5.41) is 12.2. The number of halogens is 1. The smallest absolute Gasteiger partial charge is 0.290 e. The van der Waals surface area contributed by atoms with Crippen LogP contribution in [-0.2, 0) is 16.1 Å². The third-order valence-corrected chi connectivity index (χ3v) is 5.41.